The SMILES string of the molecule is CCN(CC)C(=O)N1CC[C@@H](NCc2ccccc2)C1. The van der Waals surface area contributed by atoms with Gasteiger partial charge in [-0.2, -0.15) is 0 Å². The largest absolute Gasteiger partial charge is 0.325 e. The van der Waals surface area contributed by atoms with Gasteiger partial charge < -0.3 is 15.1 Å². The molecule has 1 fully saturated rings. The number of nitrogens with one attached hydrogen (secondary N) is 1. The lowest BCUT2D eigenvalue weighted by Gasteiger charge is -2.26. The molecule has 0 radical (unpaired) electrons. The second kappa shape index (κ2) is 7.29. The molecule has 0 spiro atoms. The van der Waals surface area contributed by atoms with Crippen LogP contribution in [0.5, 0.6) is 0 Å². The van der Waals surface area contributed by atoms with Crippen LogP contribution >= 0.6 is 0 Å². The molecule has 110 valence electrons. The Labute approximate surface area is 121 Å². The second-order valence-corrected chi connectivity index (χ2v) is 5.25. The zero-order chi connectivity index (χ0) is 14.4. The first kappa shape index (κ1) is 14.9. The predicted molar refractivity (Wildman–Crippen MR) is 81.6 cm³/mol. The maximum Gasteiger partial charge on any atom is 0.320 e. The number of hydrogen-bond donors (Lipinski definition) is 1. The van der Waals surface area contributed by atoms with Crippen LogP contribution in [0.2, 0.25) is 0 Å². The molecule has 4 nitrogen and oxygen atoms in total. The number of carbonyl (C=O) groups is 1. The first-order valence-electron chi connectivity index (χ1n) is 7.55. The van der Waals surface area contributed by atoms with Gasteiger partial charge in [-0.25, -0.2) is 4.79 Å². The van der Waals surface area contributed by atoms with E-state index in [-0.39, 0.29) is 6.03 Å². The van der Waals surface area contributed by atoms with Crippen molar-refractivity contribution in [1.82, 2.24) is 15.1 Å². The molecule has 0 aromatic heterocycles. The van der Waals surface area contributed by atoms with Crippen LogP contribution in [0.3, 0.4) is 0 Å². The first-order chi connectivity index (χ1) is 9.74. The minimum absolute atomic E-state index is 0.180. The van der Waals surface area contributed by atoms with Gasteiger partial charge >= 0.3 is 6.03 Å². The summed E-state index contributed by atoms with van der Waals surface area (Å²) in [5.74, 6) is 0. The number of amides is 2. The van der Waals surface area contributed by atoms with Gasteiger partial charge in [0.05, 0.1) is 0 Å². The number of nitrogens with zero attached hydrogens (tertiary/aromatic N) is 2. The van der Waals surface area contributed by atoms with E-state index in [0.717, 1.165) is 39.1 Å². The standard InChI is InChI=1S/C16H25N3O/c1-3-18(4-2)16(20)19-11-10-15(13-19)17-12-14-8-6-5-7-9-14/h5-9,15,17H,3-4,10-13H2,1-2H3/t15-/m1/s1. The molecule has 1 aliphatic rings. The van der Waals surface area contributed by atoms with Crippen LogP contribution < -0.4 is 5.32 Å². The van der Waals surface area contributed by atoms with Gasteiger partial charge in [-0.15, -0.1) is 0 Å². The molecule has 2 amide bonds. The van der Waals surface area contributed by atoms with Crippen LogP contribution in [0.4, 0.5) is 4.79 Å². The van der Waals surface area contributed by atoms with Crippen LogP contribution in [0.1, 0.15) is 25.8 Å². The van der Waals surface area contributed by atoms with Crippen LogP contribution in [0.25, 0.3) is 0 Å². The van der Waals surface area contributed by atoms with Gasteiger partial charge in [0.1, 0.15) is 0 Å². The van der Waals surface area contributed by atoms with Gasteiger partial charge in [0.2, 0.25) is 0 Å². The summed E-state index contributed by atoms with van der Waals surface area (Å²) >= 11 is 0. The number of urea groups is 1. The molecule has 0 bridgehead atoms. The van der Waals surface area contributed by atoms with Crippen molar-refractivity contribution in [1.29, 1.82) is 0 Å². The van der Waals surface area contributed by atoms with Crippen molar-refractivity contribution < 1.29 is 4.79 Å². The van der Waals surface area contributed by atoms with Crippen molar-refractivity contribution in [3.05, 3.63) is 35.9 Å². The topological polar surface area (TPSA) is 35.6 Å². The van der Waals surface area contributed by atoms with Crippen molar-refractivity contribution >= 4 is 6.03 Å². The summed E-state index contributed by atoms with van der Waals surface area (Å²) in [5, 5.41) is 3.55. The Hall–Kier alpha value is -1.55. The fourth-order valence-corrected chi connectivity index (χ4v) is 2.65. The summed E-state index contributed by atoms with van der Waals surface area (Å²) in [7, 11) is 0. The predicted octanol–water partition coefficient (Wildman–Crippen LogP) is 2.31. The molecular formula is C16H25N3O. The average molecular weight is 275 g/mol. The van der Waals surface area contributed by atoms with E-state index in [9.17, 15) is 4.79 Å². The lowest BCUT2D eigenvalue weighted by molar-refractivity contribution is 0.166. The Morgan fingerprint density at radius 1 is 1.30 bits per heavy atom. The summed E-state index contributed by atoms with van der Waals surface area (Å²) in [5.41, 5.74) is 1.29. The Balaban J connectivity index is 1.79. The van der Waals surface area contributed by atoms with E-state index in [0.29, 0.717) is 6.04 Å². The van der Waals surface area contributed by atoms with Gasteiger partial charge in [0.15, 0.2) is 0 Å². The average Bonchev–Trinajstić information content (AvgIpc) is 2.96. The minimum Gasteiger partial charge on any atom is -0.325 e. The van der Waals surface area contributed by atoms with Crippen LogP contribution in [0.15, 0.2) is 30.3 Å². The monoisotopic (exact) mass is 275 g/mol. The Morgan fingerprint density at radius 3 is 2.65 bits per heavy atom. The van der Waals surface area contributed by atoms with E-state index in [2.05, 4.69) is 29.6 Å². The van der Waals surface area contributed by atoms with E-state index in [1.807, 2.05) is 29.7 Å². The lowest BCUT2D eigenvalue weighted by Crippen LogP contribution is -2.43. The molecule has 2 rings (SSSR count). The maximum absolute atomic E-state index is 12.3. The number of rotatable bonds is 5. The Kier molecular flexibility index (Phi) is 5.41. The summed E-state index contributed by atoms with van der Waals surface area (Å²) in [6.45, 7) is 8.19. The molecule has 20 heavy (non-hydrogen) atoms. The third-order valence-corrected chi connectivity index (χ3v) is 3.93. The highest BCUT2D eigenvalue weighted by Gasteiger charge is 2.27. The molecule has 1 aliphatic heterocycles. The highest BCUT2D eigenvalue weighted by molar-refractivity contribution is 5.74. The first-order valence-corrected chi connectivity index (χ1v) is 7.55. The van der Waals surface area contributed by atoms with Gasteiger partial charge in [-0.05, 0) is 25.8 Å². The van der Waals surface area contributed by atoms with Crippen molar-refractivity contribution in [3.63, 3.8) is 0 Å². The third-order valence-electron chi connectivity index (χ3n) is 3.93. The van der Waals surface area contributed by atoms with Gasteiger partial charge in [-0.3, -0.25) is 0 Å². The maximum atomic E-state index is 12.3. The molecule has 0 aliphatic carbocycles. The number of hydrogen-bond acceptors (Lipinski definition) is 2. The van der Waals surface area contributed by atoms with E-state index < -0.39 is 0 Å². The second-order valence-electron chi connectivity index (χ2n) is 5.25. The summed E-state index contributed by atoms with van der Waals surface area (Å²) in [6.07, 6.45) is 1.04. The van der Waals surface area contributed by atoms with Crippen LogP contribution in [0, 0.1) is 0 Å². The fraction of sp³-hybridized carbons (Fsp3) is 0.562. The lowest BCUT2D eigenvalue weighted by atomic mass is 10.2. The molecular weight excluding hydrogens is 250 g/mol. The van der Waals surface area contributed by atoms with Gasteiger partial charge in [-0.1, -0.05) is 30.3 Å². The fourth-order valence-electron chi connectivity index (χ4n) is 2.65. The van der Waals surface area contributed by atoms with Crippen LogP contribution in [-0.4, -0.2) is 48.1 Å². The molecule has 1 aromatic carbocycles. The molecule has 0 unspecified atom stereocenters. The molecule has 1 saturated heterocycles. The van der Waals surface area contributed by atoms with Crippen LogP contribution in [-0.2, 0) is 6.54 Å². The summed E-state index contributed by atoms with van der Waals surface area (Å²) in [6, 6.07) is 11.0. The molecule has 1 N–H and O–H groups in total. The highest BCUT2D eigenvalue weighted by atomic mass is 16.2. The number of benzene rings is 1. The summed E-state index contributed by atoms with van der Waals surface area (Å²) in [4.78, 5) is 16.1. The van der Waals surface area contributed by atoms with E-state index >= 15 is 0 Å². The third kappa shape index (κ3) is 3.73. The van der Waals surface area contributed by atoms with Crippen molar-refractivity contribution in [3.8, 4) is 0 Å². The molecule has 1 aromatic rings. The Morgan fingerprint density at radius 2 is 2.00 bits per heavy atom. The molecule has 1 heterocycles. The van der Waals surface area contributed by atoms with Crippen molar-refractivity contribution in [2.24, 2.45) is 0 Å². The number of likely N-dealkylation sites (tertiary alicyclic amines) is 1. The minimum atomic E-state index is 0.180. The van der Waals surface area contributed by atoms with Crippen molar-refractivity contribution in [2.75, 3.05) is 26.2 Å². The Bertz CT molecular complexity index is 417. The molecule has 4 heteroatoms. The van der Waals surface area contributed by atoms with Crippen molar-refractivity contribution in [2.45, 2.75) is 32.9 Å². The number of carbonyl (C=O) groups excluding carboxylic acids is 1. The van der Waals surface area contributed by atoms with Gasteiger partial charge in [0.25, 0.3) is 0 Å². The molecule has 0 saturated carbocycles. The van der Waals surface area contributed by atoms with Gasteiger partial charge in [0, 0.05) is 38.8 Å². The normalized spacial score (nSPS) is 18.3. The zero-order valence-electron chi connectivity index (χ0n) is 12.5. The smallest absolute Gasteiger partial charge is 0.320 e. The van der Waals surface area contributed by atoms with E-state index in [1.165, 1.54) is 5.56 Å². The van der Waals surface area contributed by atoms with E-state index in [1.54, 1.807) is 0 Å². The summed E-state index contributed by atoms with van der Waals surface area (Å²) < 4.78 is 0. The highest BCUT2D eigenvalue weighted by Crippen LogP contribution is 2.12. The molecule has 1 atom stereocenters. The zero-order valence-corrected chi connectivity index (χ0v) is 12.5. The van der Waals surface area contributed by atoms with E-state index in [4.69, 9.17) is 0 Å². The quantitative estimate of drug-likeness (QED) is 0.895.